The van der Waals surface area contributed by atoms with E-state index >= 15 is 0 Å². The first-order valence-corrected chi connectivity index (χ1v) is 9.76. The van der Waals surface area contributed by atoms with Gasteiger partial charge in [-0.25, -0.2) is 4.39 Å². The molecule has 4 rings (SSSR count). The molecule has 0 aliphatic carbocycles. The van der Waals surface area contributed by atoms with E-state index in [0.29, 0.717) is 28.1 Å². The van der Waals surface area contributed by atoms with Gasteiger partial charge in [-0.1, -0.05) is 6.07 Å². The van der Waals surface area contributed by atoms with Crippen LogP contribution < -0.4 is 14.4 Å². The molecule has 2 fully saturated rings. The minimum absolute atomic E-state index is 0.0814. The molecule has 2 aliphatic heterocycles. The van der Waals surface area contributed by atoms with Crippen LogP contribution in [0.15, 0.2) is 42.5 Å². The van der Waals surface area contributed by atoms with Gasteiger partial charge in [0.1, 0.15) is 17.2 Å². The Bertz CT molecular complexity index is 906. The molecule has 27 heavy (non-hydrogen) atoms. The van der Waals surface area contributed by atoms with Crippen molar-refractivity contribution in [3.8, 4) is 11.5 Å². The highest BCUT2D eigenvalue weighted by molar-refractivity contribution is 7.99. The van der Waals surface area contributed by atoms with Gasteiger partial charge < -0.3 is 14.4 Å². The third kappa shape index (κ3) is 2.93. The summed E-state index contributed by atoms with van der Waals surface area (Å²) in [5.41, 5.74) is 1.56. The third-order valence-electron chi connectivity index (χ3n) is 4.70. The molecule has 2 unspecified atom stereocenters. The Morgan fingerprint density at radius 3 is 2.48 bits per heavy atom. The highest BCUT2D eigenvalue weighted by atomic mass is 32.2. The maximum atomic E-state index is 13.2. The average Bonchev–Trinajstić information content (AvgIpc) is 3.23. The van der Waals surface area contributed by atoms with Crippen LogP contribution in [-0.2, 0) is 4.79 Å². The van der Waals surface area contributed by atoms with Gasteiger partial charge >= 0.3 is 0 Å². The van der Waals surface area contributed by atoms with E-state index in [4.69, 9.17) is 21.7 Å². The van der Waals surface area contributed by atoms with Crippen molar-refractivity contribution in [2.75, 3.05) is 24.9 Å². The molecular weight excluding hydrogens is 387 g/mol. The van der Waals surface area contributed by atoms with Gasteiger partial charge in [-0.2, -0.15) is 0 Å². The van der Waals surface area contributed by atoms with Crippen molar-refractivity contribution in [1.29, 1.82) is 0 Å². The van der Waals surface area contributed by atoms with Crippen LogP contribution in [0.4, 0.5) is 10.1 Å². The fraction of sp³-hybridized carbons (Fsp3) is 0.263. The molecule has 2 aromatic rings. The minimum atomic E-state index is -0.351. The predicted octanol–water partition coefficient (Wildman–Crippen LogP) is 3.59. The van der Waals surface area contributed by atoms with E-state index in [9.17, 15) is 9.18 Å². The number of amides is 1. The SMILES string of the molecule is COc1ccc(C2SCC3C(=O)N(c4ccc(F)cc4)C(=S)N32)cc1OC. The van der Waals surface area contributed by atoms with E-state index < -0.39 is 0 Å². The Kier molecular flexibility index (Phi) is 4.69. The number of carbonyl (C=O) groups is 1. The summed E-state index contributed by atoms with van der Waals surface area (Å²) in [7, 11) is 3.18. The second-order valence-electron chi connectivity index (χ2n) is 6.16. The predicted molar refractivity (Wildman–Crippen MR) is 107 cm³/mol. The maximum Gasteiger partial charge on any atom is 0.257 e. The lowest BCUT2D eigenvalue weighted by molar-refractivity contribution is -0.119. The van der Waals surface area contributed by atoms with Gasteiger partial charge in [0, 0.05) is 5.75 Å². The first-order valence-electron chi connectivity index (χ1n) is 8.30. The van der Waals surface area contributed by atoms with E-state index in [2.05, 4.69) is 0 Å². The second-order valence-corrected chi connectivity index (χ2v) is 7.63. The summed E-state index contributed by atoms with van der Waals surface area (Å²) in [4.78, 5) is 16.4. The third-order valence-corrected chi connectivity index (χ3v) is 6.41. The Balaban J connectivity index is 1.67. The van der Waals surface area contributed by atoms with Crippen molar-refractivity contribution < 1.29 is 18.7 Å². The summed E-state index contributed by atoms with van der Waals surface area (Å²) in [6.07, 6.45) is 0. The zero-order chi connectivity index (χ0) is 19.1. The molecule has 8 heteroatoms. The maximum absolute atomic E-state index is 13.2. The van der Waals surface area contributed by atoms with Crippen LogP contribution in [0.5, 0.6) is 11.5 Å². The Labute approximate surface area is 166 Å². The Hall–Kier alpha value is -2.32. The number of ether oxygens (including phenoxy) is 2. The second kappa shape index (κ2) is 7.01. The number of rotatable bonds is 4. The lowest BCUT2D eigenvalue weighted by atomic mass is 10.1. The molecule has 140 valence electrons. The average molecular weight is 404 g/mol. The van der Waals surface area contributed by atoms with Gasteiger partial charge in [-0.3, -0.25) is 9.69 Å². The topological polar surface area (TPSA) is 42.0 Å². The first kappa shape index (κ1) is 18.1. The van der Waals surface area contributed by atoms with Crippen molar-refractivity contribution in [3.05, 3.63) is 53.8 Å². The van der Waals surface area contributed by atoms with Crippen molar-refractivity contribution >= 4 is 40.7 Å². The van der Waals surface area contributed by atoms with Crippen molar-refractivity contribution in [1.82, 2.24) is 4.90 Å². The van der Waals surface area contributed by atoms with Gasteiger partial charge in [0.2, 0.25) is 0 Å². The number of hydrogen-bond acceptors (Lipinski definition) is 5. The lowest BCUT2D eigenvalue weighted by Gasteiger charge is -2.26. The highest BCUT2D eigenvalue weighted by Gasteiger charge is 2.50. The van der Waals surface area contributed by atoms with Crippen molar-refractivity contribution in [3.63, 3.8) is 0 Å². The fourth-order valence-corrected chi connectivity index (χ4v) is 5.29. The molecule has 0 aromatic heterocycles. The molecule has 0 radical (unpaired) electrons. The number of hydrogen-bond donors (Lipinski definition) is 0. The van der Waals surface area contributed by atoms with Crippen LogP contribution in [0.25, 0.3) is 0 Å². The van der Waals surface area contributed by atoms with E-state index in [-0.39, 0.29) is 23.1 Å². The summed E-state index contributed by atoms with van der Waals surface area (Å²) < 4.78 is 23.9. The van der Waals surface area contributed by atoms with Crippen LogP contribution in [0, 0.1) is 5.82 Å². The van der Waals surface area contributed by atoms with Crippen molar-refractivity contribution in [2.24, 2.45) is 0 Å². The van der Waals surface area contributed by atoms with Gasteiger partial charge in [-0.05, 0) is 54.2 Å². The molecular formula is C19H17FN2O3S2. The quantitative estimate of drug-likeness (QED) is 0.726. The normalized spacial score (nSPS) is 21.6. The molecule has 0 bridgehead atoms. The molecule has 1 amide bonds. The number of thioether (sulfide) groups is 1. The Morgan fingerprint density at radius 2 is 1.81 bits per heavy atom. The van der Waals surface area contributed by atoms with Crippen molar-refractivity contribution in [2.45, 2.75) is 11.4 Å². The fourth-order valence-electron chi connectivity index (χ4n) is 3.38. The standard InChI is InChI=1S/C19H17FN2O3S2/c1-24-15-8-3-11(9-16(15)25-2)18-22-14(10-27-18)17(23)21(19(22)26)13-6-4-12(20)5-7-13/h3-9,14,18H,10H2,1-2H3. The summed E-state index contributed by atoms with van der Waals surface area (Å²) in [6.45, 7) is 0. The molecule has 2 aromatic carbocycles. The van der Waals surface area contributed by atoms with Crippen LogP contribution in [0.3, 0.4) is 0 Å². The number of thiocarbonyl (C=S) groups is 1. The van der Waals surface area contributed by atoms with E-state index in [0.717, 1.165) is 5.56 Å². The van der Waals surface area contributed by atoms with Crippen LogP contribution >= 0.6 is 24.0 Å². The largest absolute Gasteiger partial charge is 0.493 e. The van der Waals surface area contributed by atoms with E-state index in [1.165, 1.54) is 17.0 Å². The van der Waals surface area contributed by atoms with Gasteiger partial charge in [0.15, 0.2) is 16.6 Å². The molecule has 2 heterocycles. The number of nitrogens with zero attached hydrogens (tertiary/aromatic N) is 2. The zero-order valence-corrected chi connectivity index (χ0v) is 16.3. The first-order chi connectivity index (χ1) is 13.0. The number of methoxy groups -OCH3 is 2. The summed E-state index contributed by atoms with van der Waals surface area (Å²) in [6, 6.07) is 11.2. The number of halogens is 1. The number of fused-ring (bicyclic) bond motifs is 1. The van der Waals surface area contributed by atoms with Gasteiger partial charge in [-0.15, -0.1) is 11.8 Å². The van der Waals surface area contributed by atoms with E-state index in [1.54, 1.807) is 38.1 Å². The highest BCUT2D eigenvalue weighted by Crippen LogP contribution is 2.47. The monoisotopic (exact) mass is 404 g/mol. The minimum Gasteiger partial charge on any atom is -0.493 e. The molecule has 2 saturated heterocycles. The molecule has 5 nitrogen and oxygen atoms in total. The summed E-state index contributed by atoms with van der Waals surface area (Å²) >= 11 is 7.29. The summed E-state index contributed by atoms with van der Waals surface area (Å²) in [5, 5.41) is 0.332. The smallest absolute Gasteiger partial charge is 0.257 e. The van der Waals surface area contributed by atoms with Crippen LogP contribution in [0.2, 0.25) is 0 Å². The van der Waals surface area contributed by atoms with Crippen LogP contribution in [-0.4, -0.2) is 41.9 Å². The number of benzene rings is 2. The molecule has 0 spiro atoms. The Morgan fingerprint density at radius 1 is 1.11 bits per heavy atom. The number of carbonyl (C=O) groups excluding carboxylic acids is 1. The van der Waals surface area contributed by atoms with E-state index in [1.807, 2.05) is 23.1 Å². The summed E-state index contributed by atoms with van der Waals surface area (Å²) in [5.74, 6) is 1.48. The zero-order valence-electron chi connectivity index (χ0n) is 14.7. The molecule has 0 N–H and O–H groups in total. The molecule has 2 atom stereocenters. The van der Waals surface area contributed by atoms with Gasteiger partial charge in [0.05, 0.1) is 19.9 Å². The number of anilines is 1. The lowest BCUT2D eigenvalue weighted by Crippen LogP contribution is -2.33. The molecule has 0 saturated carbocycles. The molecule has 2 aliphatic rings. The van der Waals surface area contributed by atoms with Gasteiger partial charge in [0.25, 0.3) is 5.91 Å². The van der Waals surface area contributed by atoms with Crippen LogP contribution in [0.1, 0.15) is 10.9 Å².